The number of nitrogens with two attached hydrogens (primary N) is 1. The van der Waals surface area contributed by atoms with Gasteiger partial charge in [-0.2, -0.15) is 0 Å². The molecule has 1 aliphatic heterocycles. The van der Waals surface area contributed by atoms with E-state index in [0.717, 1.165) is 21.6 Å². The Morgan fingerprint density at radius 2 is 1.84 bits per heavy atom. The van der Waals surface area contributed by atoms with E-state index in [1.54, 1.807) is 12.1 Å². The van der Waals surface area contributed by atoms with Crippen LogP contribution in [0.1, 0.15) is 38.0 Å². The van der Waals surface area contributed by atoms with Crippen LogP contribution in [0.5, 0.6) is 5.75 Å². The number of thiophene rings is 1. The number of amides is 2. The number of carboxylic acids is 1. The van der Waals surface area contributed by atoms with Gasteiger partial charge in [-0.05, 0) is 30.2 Å². The number of hydrogen-bond donors (Lipinski definition) is 3. The van der Waals surface area contributed by atoms with Gasteiger partial charge in [-0.25, -0.2) is 4.79 Å². The van der Waals surface area contributed by atoms with Crippen molar-refractivity contribution in [3.05, 3.63) is 69.4 Å². The summed E-state index contributed by atoms with van der Waals surface area (Å²) >= 11 is 1.19. The van der Waals surface area contributed by atoms with Gasteiger partial charge in [-0.15, -0.1) is 11.3 Å². The summed E-state index contributed by atoms with van der Waals surface area (Å²) in [5, 5.41) is 12.7. The lowest BCUT2D eigenvalue weighted by Gasteiger charge is -2.24. The summed E-state index contributed by atoms with van der Waals surface area (Å²) in [6, 6.07) is 14.6. The fraction of sp³-hybridized carbons (Fsp3) is 0.174. The number of fused-ring (bicyclic) bond motifs is 1. The van der Waals surface area contributed by atoms with Gasteiger partial charge in [0.05, 0.1) is 5.69 Å². The van der Waals surface area contributed by atoms with Crippen LogP contribution < -0.4 is 15.8 Å². The maximum atomic E-state index is 12.5. The number of ether oxygens (including phenoxy) is 1. The van der Waals surface area contributed by atoms with E-state index in [-0.39, 0.29) is 29.7 Å². The standard InChI is InChI=1S/C23H20N2O5S/c1-12-2-4-14(5-3-12)19-20-21(31-22(19)23(28)29)16(10-18(27)25-20)13-6-8-15(9-7-13)30-11-17(24)26/h2-9,16H,10-11H2,1H3,(H2,24,26)(H,25,27)(H,28,29). The Hall–Kier alpha value is -3.65. The Morgan fingerprint density at radius 1 is 1.16 bits per heavy atom. The number of anilines is 1. The zero-order valence-electron chi connectivity index (χ0n) is 16.7. The molecule has 8 heteroatoms. The van der Waals surface area contributed by atoms with Crippen LogP contribution in [0.3, 0.4) is 0 Å². The topological polar surface area (TPSA) is 119 Å². The number of primary amides is 1. The van der Waals surface area contributed by atoms with Crippen LogP contribution in [-0.2, 0) is 9.59 Å². The predicted octanol–water partition coefficient (Wildman–Crippen LogP) is 3.76. The van der Waals surface area contributed by atoms with Crippen LogP contribution in [-0.4, -0.2) is 29.5 Å². The quantitative estimate of drug-likeness (QED) is 0.544. The number of carbonyl (C=O) groups excluding carboxylic acids is 2. The molecule has 4 rings (SSSR count). The lowest BCUT2D eigenvalue weighted by molar-refractivity contribution is -0.120. The van der Waals surface area contributed by atoms with E-state index in [2.05, 4.69) is 5.32 Å². The number of hydrogen-bond acceptors (Lipinski definition) is 5. The Morgan fingerprint density at radius 3 is 2.45 bits per heavy atom. The molecule has 1 aliphatic rings. The predicted molar refractivity (Wildman–Crippen MR) is 118 cm³/mol. The zero-order chi connectivity index (χ0) is 22.1. The van der Waals surface area contributed by atoms with Gasteiger partial charge in [0.15, 0.2) is 6.61 Å². The van der Waals surface area contributed by atoms with Crippen LogP contribution in [0, 0.1) is 6.92 Å². The average Bonchev–Trinajstić information content (AvgIpc) is 3.12. The van der Waals surface area contributed by atoms with Crippen molar-refractivity contribution < 1.29 is 24.2 Å². The summed E-state index contributed by atoms with van der Waals surface area (Å²) in [6.45, 7) is 1.74. The first-order chi connectivity index (χ1) is 14.8. The van der Waals surface area contributed by atoms with Crippen molar-refractivity contribution in [3.8, 4) is 16.9 Å². The molecule has 31 heavy (non-hydrogen) atoms. The van der Waals surface area contributed by atoms with E-state index < -0.39 is 11.9 Å². The van der Waals surface area contributed by atoms with Gasteiger partial charge < -0.3 is 20.9 Å². The first-order valence-corrected chi connectivity index (χ1v) is 10.4. The minimum Gasteiger partial charge on any atom is -0.484 e. The molecule has 0 radical (unpaired) electrons. The summed E-state index contributed by atoms with van der Waals surface area (Å²) < 4.78 is 5.29. The molecule has 2 aromatic carbocycles. The highest BCUT2D eigenvalue weighted by Crippen LogP contribution is 2.49. The van der Waals surface area contributed by atoms with E-state index in [1.165, 1.54) is 11.3 Å². The number of aromatic carboxylic acids is 1. The molecule has 0 saturated carbocycles. The molecule has 0 saturated heterocycles. The SMILES string of the molecule is Cc1ccc(-c2c(C(=O)O)sc3c2NC(=O)CC3c2ccc(OCC(N)=O)cc2)cc1. The highest BCUT2D eigenvalue weighted by atomic mass is 32.1. The van der Waals surface area contributed by atoms with Gasteiger partial charge in [-0.3, -0.25) is 9.59 Å². The van der Waals surface area contributed by atoms with Crippen LogP contribution in [0.25, 0.3) is 11.1 Å². The van der Waals surface area contributed by atoms with Crippen molar-refractivity contribution in [2.45, 2.75) is 19.3 Å². The summed E-state index contributed by atoms with van der Waals surface area (Å²) in [4.78, 5) is 36.5. The van der Waals surface area contributed by atoms with E-state index in [4.69, 9.17) is 10.5 Å². The molecule has 2 amide bonds. The van der Waals surface area contributed by atoms with Crippen molar-refractivity contribution >= 4 is 34.8 Å². The van der Waals surface area contributed by atoms with Gasteiger partial charge in [0.1, 0.15) is 10.6 Å². The zero-order valence-corrected chi connectivity index (χ0v) is 17.5. The third kappa shape index (κ3) is 4.15. The minimum absolute atomic E-state index is 0.172. The lowest BCUT2D eigenvalue weighted by atomic mass is 9.88. The van der Waals surface area contributed by atoms with Gasteiger partial charge in [0.2, 0.25) is 5.91 Å². The Bertz CT molecular complexity index is 1170. The van der Waals surface area contributed by atoms with Crippen LogP contribution in [0.2, 0.25) is 0 Å². The smallest absolute Gasteiger partial charge is 0.346 e. The normalized spacial score (nSPS) is 15.1. The maximum absolute atomic E-state index is 12.5. The molecule has 2 heterocycles. The second kappa shape index (κ2) is 8.23. The molecule has 3 aromatic rings. The van der Waals surface area contributed by atoms with E-state index in [1.807, 2.05) is 43.3 Å². The van der Waals surface area contributed by atoms with Gasteiger partial charge in [0, 0.05) is 22.8 Å². The fourth-order valence-corrected chi connectivity index (χ4v) is 4.90. The van der Waals surface area contributed by atoms with Gasteiger partial charge in [-0.1, -0.05) is 42.0 Å². The van der Waals surface area contributed by atoms with E-state index in [0.29, 0.717) is 17.0 Å². The second-order valence-corrected chi connectivity index (χ2v) is 8.40. The summed E-state index contributed by atoms with van der Waals surface area (Å²) in [5.41, 5.74) is 8.85. The number of carbonyl (C=O) groups is 3. The summed E-state index contributed by atoms with van der Waals surface area (Å²) in [5.74, 6) is -1.56. The summed E-state index contributed by atoms with van der Waals surface area (Å²) in [6.07, 6.45) is 0.210. The fourth-order valence-electron chi connectivity index (χ4n) is 3.65. The minimum atomic E-state index is -1.03. The molecule has 0 aliphatic carbocycles. The molecular weight excluding hydrogens is 416 g/mol. The van der Waals surface area contributed by atoms with Crippen molar-refractivity contribution in [1.82, 2.24) is 0 Å². The largest absolute Gasteiger partial charge is 0.484 e. The number of carboxylic acid groups (broad SMARTS) is 1. The Labute approximate surface area is 182 Å². The Balaban J connectivity index is 1.77. The third-order valence-electron chi connectivity index (χ3n) is 5.10. The molecule has 0 fully saturated rings. The number of benzene rings is 2. The van der Waals surface area contributed by atoms with Crippen molar-refractivity contribution in [1.29, 1.82) is 0 Å². The first kappa shape index (κ1) is 20.6. The van der Waals surface area contributed by atoms with Gasteiger partial charge >= 0.3 is 5.97 Å². The molecule has 0 spiro atoms. The molecule has 1 aromatic heterocycles. The van der Waals surface area contributed by atoms with Crippen LogP contribution >= 0.6 is 11.3 Å². The highest BCUT2D eigenvalue weighted by Gasteiger charge is 2.34. The van der Waals surface area contributed by atoms with E-state index >= 15 is 0 Å². The number of aryl methyl sites for hydroxylation is 1. The highest BCUT2D eigenvalue weighted by molar-refractivity contribution is 7.15. The van der Waals surface area contributed by atoms with E-state index in [9.17, 15) is 19.5 Å². The van der Waals surface area contributed by atoms with Crippen LogP contribution in [0.15, 0.2) is 48.5 Å². The molecule has 4 N–H and O–H groups in total. The second-order valence-electron chi connectivity index (χ2n) is 7.35. The molecule has 158 valence electrons. The third-order valence-corrected chi connectivity index (χ3v) is 6.40. The molecule has 0 bridgehead atoms. The number of nitrogens with one attached hydrogen (secondary N) is 1. The molecule has 7 nitrogen and oxygen atoms in total. The molecule has 1 atom stereocenters. The van der Waals surface area contributed by atoms with Crippen LogP contribution in [0.4, 0.5) is 5.69 Å². The molecular formula is C23H20N2O5S. The molecule has 1 unspecified atom stereocenters. The lowest BCUT2D eigenvalue weighted by Crippen LogP contribution is -2.22. The van der Waals surface area contributed by atoms with Crippen molar-refractivity contribution in [2.24, 2.45) is 5.73 Å². The van der Waals surface area contributed by atoms with Crippen molar-refractivity contribution in [3.63, 3.8) is 0 Å². The monoisotopic (exact) mass is 436 g/mol. The van der Waals surface area contributed by atoms with Crippen molar-refractivity contribution in [2.75, 3.05) is 11.9 Å². The van der Waals surface area contributed by atoms with Gasteiger partial charge in [0.25, 0.3) is 5.91 Å². The summed E-state index contributed by atoms with van der Waals surface area (Å²) in [7, 11) is 0. The number of rotatable bonds is 6. The Kier molecular flexibility index (Phi) is 5.48. The average molecular weight is 436 g/mol. The first-order valence-electron chi connectivity index (χ1n) is 9.61. The maximum Gasteiger partial charge on any atom is 0.346 e.